The fraction of sp³-hybridized carbons (Fsp3) is 0. The van der Waals surface area contributed by atoms with E-state index in [-0.39, 0.29) is 9.93 Å². The Kier molecular flexibility index (Phi) is 5.97. The predicted molar refractivity (Wildman–Crippen MR) is 107 cm³/mol. The molecule has 0 aliphatic rings. The maximum Gasteiger partial charge on any atom is 0.233 e. The van der Waals surface area contributed by atoms with Gasteiger partial charge in [0.15, 0.2) is 9.93 Å². The van der Waals surface area contributed by atoms with Crippen LogP contribution in [0.1, 0.15) is 5.56 Å². The fourth-order valence-electron chi connectivity index (χ4n) is 2.25. The number of hydrogen-bond acceptors (Lipinski definition) is 5. The highest BCUT2D eigenvalue weighted by atomic mass is 35.5. The third-order valence-electron chi connectivity index (χ3n) is 3.56. The third kappa shape index (κ3) is 4.58. The number of aromatic nitrogens is 1. The smallest absolute Gasteiger partial charge is 0.233 e. The van der Waals surface area contributed by atoms with Gasteiger partial charge in [0.05, 0.1) is 0 Å². The van der Waals surface area contributed by atoms with Gasteiger partial charge in [-0.15, -0.1) is 0 Å². The quantitative estimate of drug-likeness (QED) is 0.537. The molecule has 0 saturated heterocycles. The Morgan fingerprint density at radius 3 is 2.41 bits per heavy atom. The minimum Gasteiger partial charge on any atom is -0.244 e. The number of benzene rings is 2. The van der Waals surface area contributed by atoms with Crippen LogP contribution in [0.2, 0.25) is 5.02 Å². The predicted octanol–water partition coefficient (Wildman–Crippen LogP) is 5.22. The number of hydrogen-bond donors (Lipinski definition) is 0. The Hall–Kier alpha value is -2.59. The van der Waals surface area contributed by atoms with E-state index in [1.165, 1.54) is 30.1 Å². The molecule has 0 unspecified atom stereocenters. The largest absolute Gasteiger partial charge is 0.244 e. The van der Waals surface area contributed by atoms with Crippen LogP contribution >= 0.6 is 23.4 Å². The van der Waals surface area contributed by atoms with Crippen molar-refractivity contribution in [2.75, 3.05) is 0 Å². The summed E-state index contributed by atoms with van der Waals surface area (Å²) in [6.07, 6.45) is 2.76. The van der Waals surface area contributed by atoms with Crippen LogP contribution in [0.25, 0.3) is 6.08 Å². The molecule has 134 valence electrons. The van der Waals surface area contributed by atoms with Gasteiger partial charge in [0.1, 0.15) is 6.07 Å². The number of nitriles is 1. The molecule has 0 saturated carbocycles. The van der Waals surface area contributed by atoms with Crippen molar-refractivity contribution in [2.45, 2.75) is 14.8 Å². The second-order valence-electron chi connectivity index (χ2n) is 5.39. The zero-order valence-electron chi connectivity index (χ0n) is 13.9. The van der Waals surface area contributed by atoms with Gasteiger partial charge in [0.2, 0.25) is 9.84 Å². The highest BCUT2D eigenvalue weighted by molar-refractivity contribution is 7.99. The first kappa shape index (κ1) is 19.2. The molecule has 7 heteroatoms. The van der Waals surface area contributed by atoms with Gasteiger partial charge in [-0.25, -0.2) is 13.4 Å². The molecule has 0 aliphatic carbocycles. The van der Waals surface area contributed by atoms with Crippen LogP contribution in [0, 0.1) is 11.3 Å². The summed E-state index contributed by atoms with van der Waals surface area (Å²) in [5.41, 5.74) is 0.633. The molecule has 3 aromatic rings. The first-order valence-electron chi connectivity index (χ1n) is 7.81. The van der Waals surface area contributed by atoms with E-state index in [4.69, 9.17) is 11.6 Å². The van der Waals surface area contributed by atoms with Crippen LogP contribution in [0.5, 0.6) is 0 Å². The van der Waals surface area contributed by atoms with Gasteiger partial charge in [-0.2, -0.15) is 5.26 Å². The lowest BCUT2D eigenvalue weighted by Gasteiger charge is -2.07. The molecule has 0 spiro atoms. The summed E-state index contributed by atoms with van der Waals surface area (Å²) in [7, 11) is -3.98. The van der Waals surface area contributed by atoms with Crippen molar-refractivity contribution in [1.82, 2.24) is 4.98 Å². The van der Waals surface area contributed by atoms with Gasteiger partial charge in [-0.05, 0) is 54.1 Å². The number of allylic oxidation sites excluding steroid dienone is 1. The number of pyridine rings is 1. The van der Waals surface area contributed by atoms with Crippen molar-refractivity contribution in [3.8, 4) is 6.07 Å². The van der Waals surface area contributed by atoms with Crippen molar-refractivity contribution in [3.05, 3.63) is 88.4 Å². The maximum atomic E-state index is 12.7. The summed E-state index contributed by atoms with van der Waals surface area (Å²) in [4.78, 5) is 5.28. The Morgan fingerprint density at radius 2 is 1.74 bits per heavy atom. The molecule has 0 aliphatic heterocycles. The summed E-state index contributed by atoms with van der Waals surface area (Å²) in [5, 5.41) is 9.94. The lowest BCUT2D eigenvalue weighted by molar-refractivity contribution is 0.600. The van der Waals surface area contributed by atoms with Crippen molar-refractivity contribution in [3.63, 3.8) is 0 Å². The van der Waals surface area contributed by atoms with Gasteiger partial charge in [0, 0.05) is 21.0 Å². The molecule has 4 nitrogen and oxygen atoms in total. The van der Waals surface area contributed by atoms with Gasteiger partial charge in [-0.1, -0.05) is 47.6 Å². The summed E-state index contributed by atoms with van der Waals surface area (Å²) < 4.78 is 25.4. The molecule has 0 amide bonds. The van der Waals surface area contributed by atoms with Gasteiger partial charge in [-0.3, -0.25) is 0 Å². The molecule has 0 bridgehead atoms. The van der Waals surface area contributed by atoms with Gasteiger partial charge < -0.3 is 0 Å². The summed E-state index contributed by atoms with van der Waals surface area (Å²) >= 11 is 7.37. The standard InChI is InChI=1S/C20H13ClN2O2S2/c21-16-8-10-17(11-9-16)26-19-6-2-1-5-15(19)13-18(14-22)27(24,25)20-7-3-4-12-23-20/h1-13H/b18-13+. The minimum absolute atomic E-state index is 0.152. The van der Waals surface area contributed by atoms with Crippen LogP contribution in [0.15, 0.2) is 92.6 Å². The fourth-order valence-corrected chi connectivity index (χ4v) is 4.38. The lowest BCUT2D eigenvalue weighted by atomic mass is 10.2. The molecule has 1 heterocycles. The highest BCUT2D eigenvalue weighted by Gasteiger charge is 2.22. The third-order valence-corrected chi connectivity index (χ3v) is 6.49. The first-order chi connectivity index (χ1) is 13.0. The number of nitrogens with zero attached hydrogens (tertiary/aromatic N) is 2. The zero-order valence-corrected chi connectivity index (χ0v) is 16.3. The maximum absolute atomic E-state index is 12.7. The van der Waals surface area contributed by atoms with E-state index >= 15 is 0 Å². The Bertz CT molecular complexity index is 1120. The second kappa shape index (κ2) is 8.40. The average Bonchev–Trinajstić information content (AvgIpc) is 2.69. The van der Waals surface area contributed by atoms with Crippen LogP contribution in [0.4, 0.5) is 0 Å². The van der Waals surface area contributed by atoms with Crippen molar-refractivity contribution < 1.29 is 8.42 Å². The van der Waals surface area contributed by atoms with E-state index in [0.29, 0.717) is 10.6 Å². The van der Waals surface area contributed by atoms with E-state index in [0.717, 1.165) is 9.79 Å². The van der Waals surface area contributed by atoms with Crippen molar-refractivity contribution in [1.29, 1.82) is 5.26 Å². The molecule has 0 radical (unpaired) electrons. The van der Waals surface area contributed by atoms with Crippen LogP contribution in [0.3, 0.4) is 0 Å². The number of sulfone groups is 1. The van der Waals surface area contributed by atoms with Crippen molar-refractivity contribution >= 4 is 39.3 Å². The van der Waals surface area contributed by atoms with E-state index in [1.807, 2.05) is 24.3 Å². The molecular weight excluding hydrogens is 400 g/mol. The molecule has 0 N–H and O–H groups in total. The summed E-state index contributed by atoms with van der Waals surface area (Å²) in [6.45, 7) is 0. The van der Waals surface area contributed by atoms with Crippen LogP contribution in [-0.4, -0.2) is 13.4 Å². The van der Waals surface area contributed by atoms with E-state index in [9.17, 15) is 13.7 Å². The minimum atomic E-state index is -3.98. The van der Waals surface area contributed by atoms with E-state index in [1.54, 1.807) is 42.5 Å². The van der Waals surface area contributed by atoms with Crippen LogP contribution < -0.4 is 0 Å². The number of halogens is 1. The van der Waals surface area contributed by atoms with Gasteiger partial charge in [0.25, 0.3) is 0 Å². The Balaban J connectivity index is 2.01. The topological polar surface area (TPSA) is 70.8 Å². The average molecular weight is 413 g/mol. The normalized spacial score (nSPS) is 11.8. The van der Waals surface area contributed by atoms with Gasteiger partial charge >= 0.3 is 0 Å². The molecule has 1 aromatic heterocycles. The Morgan fingerprint density at radius 1 is 1.04 bits per heavy atom. The van der Waals surface area contributed by atoms with E-state index < -0.39 is 9.84 Å². The SMILES string of the molecule is N#C/C(=C\c1ccccc1Sc1ccc(Cl)cc1)S(=O)(=O)c1ccccn1. The molecule has 27 heavy (non-hydrogen) atoms. The van der Waals surface area contributed by atoms with Crippen LogP contribution in [-0.2, 0) is 9.84 Å². The highest BCUT2D eigenvalue weighted by Crippen LogP contribution is 2.33. The second-order valence-corrected chi connectivity index (χ2v) is 8.80. The summed E-state index contributed by atoms with van der Waals surface area (Å²) in [6, 6.07) is 21.0. The van der Waals surface area contributed by atoms with E-state index in [2.05, 4.69) is 4.98 Å². The molecule has 3 rings (SSSR count). The number of rotatable bonds is 5. The molecular formula is C20H13ClN2O2S2. The molecule has 2 aromatic carbocycles. The Labute approximate surface area is 167 Å². The molecule has 0 fully saturated rings. The monoisotopic (exact) mass is 412 g/mol. The summed E-state index contributed by atoms with van der Waals surface area (Å²) in [5.74, 6) is 0. The van der Waals surface area contributed by atoms with Crippen molar-refractivity contribution in [2.24, 2.45) is 0 Å². The zero-order chi connectivity index (χ0) is 19.3. The first-order valence-corrected chi connectivity index (χ1v) is 10.5. The molecule has 0 atom stereocenters. The lowest BCUT2D eigenvalue weighted by Crippen LogP contribution is -2.05.